The first-order chi connectivity index (χ1) is 10.5. The fourth-order valence-corrected chi connectivity index (χ4v) is 1.63. The summed E-state index contributed by atoms with van der Waals surface area (Å²) in [5, 5.41) is 6.17. The number of carbonyl (C=O) groups excluding carboxylic acids is 2. The van der Waals surface area contributed by atoms with E-state index in [1.807, 2.05) is 27.7 Å². The number of guanidine groups is 1. The smallest absolute Gasteiger partial charge is 0.243 e. The van der Waals surface area contributed by atoms with Gasteiger partial charge >= 0.3 is 0 Å². The lowest BCUT2D eigenvalue weighted by atomic mass is 10.1. The van der Waals surface area contributed by atoms with Crippen LogP contribution in [0.25, 0.3) is 0 Å². The molecule has 24 heavy (non-hydrogen) atoms. The van der Waals surface area contributed by atoms with Crippen molar-refractivity contribution in [3.8, 4) is 0 Å². The third kappa shape index (κ3) is 11.5. The molecule has 0 aromatic heterocycles. The minimum atomic E-state index is -0.278. The Morgan fingerprint density at radius 1 is 1.17 bits per heavy atom. The molecule has 0 aromatic carbocycles. The number of halogens is 1. The third-order valence-electron chi connectivity index (χ3n) is 3.11. The van der Waals surface area contributed by atoms with Crippen LogP contribution in [0.5, 0.6) is 0 Å². The van der Waals surface area contributed by atoms with Gasteiger partial charge in [-0.25, -0.2) is 4.99 Å². The number of carbonyl (C=O) groups is 2. The van der Waals surface area contributed by atoms with Crippen LogP contribution in [0.4, 0.5) is 0 Å². The zero-order valence-corrected chi connectivity index (χ0v) is 18.6. The highest BCUT2D eigenvalue weighted by Gasteiger charge is 2.18. The number of hydrogen-bond donors (Lipinski definition) is 2. The highest BCUT2D eigenvalue weighted by molar-refractivity contribution is 14.0. The first kappa shape index (κ1) is 25.2. The summed E-state index contributed by atoms with van der Waals surface area (Å²) in [4.78, 5) is 31.4. The molecule has 0 radical (unpaired) electrons. The Balaban J connectivity index is 0. The normalized spacial score (nSPS) is 12.8. The lowest BCUT2D eigenvalue weighted by molar-refractivity contribution is -0.127. The molecule has 0 bridgehead atoms. The lowest BCUT2D eigenvalue weighted by Crippen LogP contribution is -2.50. The van der Waals surface area contributed by atoms with Crippen LogP contribution in [0.2, 0.25) is 0 Å². The molecule has 0 aliphatic rings. The van der Waals surface area contributed by atoms with Gasteiger partial charge in [-0.3, -0.25) is 9.59 Å². The van der Waals surface area contributed by atoms with E-state index < -0.39 is 0 Å². The van der Waals surface area contributed by atoms with Gasteiger partial charge in [0.2, 0.25) is 11.8 Å². The molecule has 1 atom stereocenters. The van der Waals surface area contributed by atoms with Crippen molar-refractivity contribution < 1.29 is 9.59 Å². The number of aliphatic imine (C=N–C) groups is 1. The summed E-state index contributed by atoms with van der Waals surface area (Å²) >= 11 is 0. The van der Waals surface area contributed by atoms with Gasteiger partial charge in [-0.1, -0.05) is 6.92 Å². The summed E-state index contributed by atoms with van der Waals surface area (Å²) in [5.74, 6) is 0.386. The van der Waals surface area contributed by atoms with Gasteiger partial charge in [-0.15, -0.1) is 24.0 Å². The second-order valence-electron chi connectivity index (χ2n) is 7.04. The van der Waals surface area contributed by atoms with Crippen molar-refractivity contribution in [1.82, 2.24) is 20.4 Å². The molecule has 0 saturated heterocycles. The van der Waals surface area contributed by atoms with Crippen molar-refractivity contribution in [3.63, 3.8) is 0 Å². The molecule has 142 valence electrons. The van der Waals surface area contributed by atoms with Gasteiger partial charge in [-0.05, 0) is 34.1 Å². The Labute approximate surface area is 163 Å². The Morgan fingerprint density at radius 3 is 2.12 bits per heavy atom. The molecule has 0 aliphatic carbocycles. The lowest BCUT2D eigenvalue weighted by Gasteiger charge is -2.27. The first-order valence-electron chi connectivity index (χ1n) is 7.99. The molecule has 0 spiro atoms. The number of likely N-dealkylation sites (N-methyl/N-ethyl adjacent to an activating group) is 2. The molecule has 0 heterocycles. The van der Waals surface area contributed by atoms with Crippen molar-refractivity contribution in [2.75, 3.05) is 34.2 Å². The van der Waals surface area contributed by atoms with Crippen LogP contribution in [-0.2, 0) is 9.59 Å². The van der Waals surface area contributed by atoms with Gasteiger partial charge in [0.15, 0.2) is 5.96 Å². The summed E-state index contributed by atoms with van der Waals surface area (Å²) < 4.78 is 0. The van der Waals surface area contributed by atoms with Crippen molar-refractivity contribution >= 4 is 41.8 Å². The van der Waals surface area contributed by atoms with Crippen molar-refractivity contribution in [2.45, 2.75) is 52.6 Å². The zero-order chi connectivity index (χ0) is 18.2. The van der Waals surface area contributed by atoms with Crippen molar-refractivity contribution in [3.05, 3.63) is 0 Å². The fourth-order valence-electron chi connectivity index (χ4n) is 1.63. The van der Waals surface area contributed by atoms with Crippen molar-refractivity contribution in [2.24, 2.45) is 4.99 Å². The number of nitrogens with one attached hydrogen (secondary N) is 2. The number of nitrogens with zero attached hydrogens (tertiary/aromatic N) is 3. The minimum Gasteiger partial charge on any atom is -0.354 e. The number of rotatable bonds is 6. The molecule has 1 unspecified atom stereocenters. The van der Waals surface area contributed by atoms with Gasteiger partial charge in [0.05, 0.1) is 6.54 Å². The van der Waals surface area contributed by atoms with E-state index in [0.29, 0.717) is 5.96 Å². The molecule has 0 aromatic rings. The Morgan fingerprint density at radius 2 is 1.71 bits per heavy atom. The Hall–Kier alpha value is -1.06. The third-order valence-corrected chi connectivity index (χ3v) is 3.11. The first-order valence-corrected chi connectivity index (χ1v) is 7.99. The Bertz CT molecular complexity index is 433. The van der Waals surface area contributed by atoms with Crippen molar-refractivity contribution in [1.29, 1.82) is 0 Å². The van der Waals surface area contributed by atoms with Gasteiger partial charge in [0.25, 0.3) is 0 Å². The molecule has 0 saturated carbocycles. The monoisotopic (exact) mass is 455 g/mol. The summed E-state index contributed by atoms with van der Waals surface area (Å²) in [7, 11) is 5.18. The maximum atomic E-state index is 12.1. The highest BCUT2D eigenvalue weighted by Crippen LogP contribution is 1.99. The predicted octanol–water partition coefficient (Wildman–Crippen LogP) is 1.28. The summed E-state index contributed by atoms with van der Waals surface area (Å²) in [6.45, 7) is 10.1. The van der Waals surface area contributed by atoms with E-state index in [9.17, 15) is 9.59 Å². The van der Waals surface area contributed by atoms with E-state index in [4.69, 9.17) is 0 Å². The van der Waals surface area contributed by atoms with Gasteiger partial charge in [-0.2, -0.15) is 0 Å². The summed E-state index contributed by atoms with van der Waals surface area (Å²) in [6.07, 6.45) is 0.919. The number of hydrogen-bond acceptors (Lipinski definition) is 3. The predicted molar refractivity (Wildman–Crippen MR) is 110 cm³/mol. The van der Waals surface area contributed by atoms with Crippen LogP contribution in [0.15, 0.2) is 4.99 Å². The van der Waals surface area contributed by atoms with Gasteiger partial charge in [0, 0.05) is 32.7 Å². The van der Waals surface area contributed by atoms with E-state index >= 15 is 0 Å². The molecular weight excluding hydrogens is 421 g/mol. The largest absolute Gasteiger partial charge is 0.354 e. The second kappa shape index (κ2) is 11.5. The average Bonchev–Trinajstić information content (AvgIpc) is 2.39. The molecule has 2 N–H and O–H groups in total. The maximum Gasteiger partial charge on any atom is 0.243 e. The van der Waals surface area contributed by atoms with E-state index in [1.54, 1.807) is 26.0 Å². The molecule has 8 heteroatoms. The average molecular weight is 455 g/mol. The fraction of sp³-hybridized carbons (Fsp3) is 0.812. The second-order valence-corrected chi connectivity index (χ2v) is 7.04. The van der Waals surface area contributed by atoms with Crippen LogP contribution in [0.1, 0.15) is 41.0 Å². The van der Waals surface area contributed by atoms with E-state index in [0.717, 1.165) is 6.42 Å². The molecule has 0 aliphatic heterocycles. The zero-order valence-electron chi connectivity index (χ0n) is 16.3. The molecule has 2 amide bonds. The van der Waals surface area contributed by atoms with Crippen LogP contribution in [0.3, 0.4) is 0 Å². The van der Waals surface area contributed by atoms with E-state index in [2.05, 4.69) is 22.5 Å². The van der Waals surface area contributed by atoms with E-state index in [-0.39, 0.29) is 60.5 Å². The summed E-state index contributed by atoms with van der Waals surface area (Å²) in [5.41, 5.74) is -0.278. The highest BCUT2D eigenvalue weighted by atomic mass is 127. The van der Waals surface area contributed by atoms with Crippen LogP contribution in [0, 0.1) is 0 Å². The Kier molecular flexibility index (Phi) is 12.1. The van der Waals surface area contributed by atoms with Crippen LogP contribution < -0.4 is 10.6 Å². The van der Waals surface area contributed by atoms with E-state index in [1.165, 1.54) is 4.90 Å². The van der Waals surface area contributed by atoms with Gasteiger partial charge < -0.3 is 20.4 Å². The molecule has 0 rings (SSSR count). The quantitative estimate of drug-likeness (QED) is 0.360. The molecule has 7 nitrogen and oxygen atoms in total. The van der Waals surface area contributed by atoms with Crippen LogP contribution >= 0.6 is 24.0 Å². The number of amides is 2. The summed E-state index contributed by atoms with van der Waals surface area (Å²) in [6, 6.07) is 0.205. The molecule has 0 fully saturated rings. The van der Waals surface area contributed by atoms with Crippen LogP contribution in [-0.4, -0.2) is 73.4 Å². The van der Waals surface area contributed by atoms with Gasteiger partial charge in [0.1, 0.15) is 6.54 Å². The minimum absolute atomic E-state index is 0. The SMILES string of the molecule is CCC(C)NC(=NCC(=O)N(C)C)N(C)CC(=O)NC(C)(C)C.I. The topological polar surface area (TPSA) is 77.0 Å². The molecular formula is C16H34IN5O2. The standard InChI is InChI=1S/C16H33N5O2.HI/c1-9-12(2)18-15(17-10-14(23)20(6)7)21(8)11-13(22)19-16(3,4)5;/h12H,9-11H2,1-8H3,(H,17,18)(H,19,22);1H. The maximum absolute atomic E-state index is 12.1.